The molecule has 0 aliphatic rings. The predicted molar refractivity (Wildman–Crippen MR) is 66.5 cm³/mol. The zero-order valence-corrected chi connectivity index (χ0v) is 10.3. The molecular formula is C13H17N3. The Balaban J connectivity index is 2.63. The van der Waals surface area contributed by atoms with Crippen molar-refractivity contribution in [3.8, 4) is 0 Å². The summed E-state index contributed by atoms with van der Waals surface area (Å²) in [5.41, 5.74) is 4.25. The summed E-state index contributed by atoms with van der Waals surface area (Å²) >= 11 is 0. The highest BCUT2D eigenvalue weighted by Gasteiger charge is 2.10. The Morgan fingerprint density at radius 3 is 2.75 bits per heavy atom. The Bertz CT molecular complexity index is 550. The van der Waals surface area contributed by atoms with Crippen LogP contribution in [0.4, 0.5) is 0 Å². The molecule has 2 aromatic heterocycles. The zero-order valence-electron chi connectivity index (χ0n) is 10.3. The van der Waals surface area contributed by atoms with E-state index >= 15 is 0 Å². The summed E-state index contributed by atoms with van der Waals surface area (Å²) in [6.45, 7) is 6.13. The van der Waals surface area contributed by atoms with Gasteiger partial charge in [-0.1, -0.05) is 12.2 Å². The molecular weight excluding hydrogens is 198 g/mol. The second-order valence-corrected chi connectivity index (χ2v) is 4.11. The van der Waals surface area contributed by atoms with E-state index in [1.807, 2.05) is 27.0 Å². The highest BCUT2D eigenvalue weighted by molar-refractivity contribution is 5.75. The van der Waals surface area contributed by atoms with Crippen molar-refractivity contribution in [2.75, 3.05) is 0 Å². The van der Waals surface area contributed by atoms with E-state index < -0.39 is 0 Å². The van der Waals surface area contributed by atoms with Gasteiger partial charge in [0.1, 0.15) is 11.3 Å². The summed E-state index contributed by atoms with van der Waals surface area (Å²) in [6, 6.07) is 2.08. The molecule has 0 aromatic carbocycles. The second-order valence-electron chi connectivity index (χ2n) is 4.11. The first-order valence-corrected chi connectivity index (χ1v) is 5.54. The SMILES string of the molecule is C/C=C/Cc1nc2c(C)cc(C)nc2n1C. The first-order chi connectivity index (χ1) is 7.63. The van der Waals surface area contributed by atoms with Crippen LogP contribution in [0.2, 0.25) is 0 Å². The Morgan fingerprint density at radius 1 is 1.31 bits per heavy atom. The van der Waals surface area contributed by atoms with Crippen LogP contribution in [0.5, 0.6) is 0 Å². The van der Waals surface area contributed by atoms with Gasteiger partial charge in [-0.05, 0) is 32.4 Å². The van der Waals surface area contributed by atoms with Gasteiger partial charge >= 0.3 is 0 Å². The third-order valence-corrected chi connectivity index (χ3v) is 2.77. The van der Waals surface area contributed by atoms with E-state index in [1.165, 1.54) is 5.56 Å². The second kappa shape index (κ2) is 4.08. The molecule has 2 heterocycles. The first kappa shape index (κ1) is 10.9. The number of rotatable bonds is 2. The van der Waals surface area contributed by atoms with Crippen LogP contribution in [-0.2, 0) is 13.5 Å². The molecule has 3 nitrogen and oxygen atoms in total. The fraction of sp³-hybridized carbons (Fsp3) is 0.385. The number of imidazole rings is 1. The molecule has 0 aliphatic carbocycles. The third kappa shape index (κ3) is 1.73. The molecule has 2 aromatic rings. The number of pyridine rings is 1. The summed E-state index contributed by atoms with van der Waals surface area (Å²) in [6.07, 6.45) is 5.02. The Labute approximate surface area is 95.8 Å². The molecule has 0 spiro atoms. The molecule has 84 valence electrons. The van der Waals surface area contributed by atoms with E-state index in [4.69, 9.17) is 0 Å². The van der Waals surface area contributed by atoms with Crippen LogP contribution >= 0.6 is 0 Å². The Hall–Kier alpha value is -1.64. The molecule has 0 N–H and O–H groups in total. The fourth-order valence-corrected chi connectivity index (χ4v) is 1.91. The average Bonchev–Trinajstić information content (AvgIpc) is 2.54. The molecule has 0 saturated heterocycles. The van der Waals surface area contributed by atoms with E-state index in [2.05, 4.69) is 33.6 Å². The van der Waals surface area contributed by atoms with E-state index in [9.17, 15) is 0 Å². The van der Waals surface area contributed by atoms with Gasteiger partial charge < -0.3 is 4.57 Å². The number of aryl methyl sites for hydroxylation is 3. The van der Waals surface area contributed by atoms with Crippen LogP contribution in [0.3, 0.4) is 0 Å². The molecule has 0 unspecified atom stereocenters. The highest BCUT2D eigenvalue weighted by atomic mass is 15.1. The Kier molecular flexibility index (Phi) is 2.77. The van der Waals surface area contributed by atoms with E-state index in [1.54, 1.807) is 0 Å². The summed E-state index contributed by atoms with van der Waals surface area (Å²) < 4.78 is 2.08. The number of hydrogen-bond donors (Lipinski definition) is 0. The van der Waals surface area contributed by atoms with Gasteiger partial charge in [-0.25, -0.2) is 9.97 Å². The quantitative estimate of drug-likeness (QED) is 0.721. The van der Waals surface area contributed by atoms with Crippen molar-refractivity contribution in [2.24, 2.45) is 7.05 Å². The smallest absolute Gasteiger partial charge is 0.160 e. The van der Waals surface area contributed by atoms with Gasteiger partial charge in [-0.3, -0.25) is 0 Å². The summed E-state index contributed by atoms with van der Waals surface area (Å²) in [4.78, 5) is 9.18. The molecule has 0 amide bonds. The van der Waals surface area contributed by atoms with Crippen molar-refractivity contribution in [3.05, 3.63) is 35.3 Å². The summed E-state index contributed by atoms with van der Waals surface area (Å²) in [5, 5.41) is 0. The molecule has 0 bridgehead atoms. The molecule has 0 fully saturated rings. The molecule has 2 rings (SSSR count). The maximum Gasteiger partial charge on any atom is 0.160 e. The standard InChI is InChI=1S/C13H17N3/c1-5-6-7-11-15-12-9(2)8-10(3)14-13(12)16(11)4/h5-6,8H,7H2,1-4H3/b6-5+. The van der Waals surface area contributed by atoms with Crippen LogP contribution in [0.1, 0.15) is 24.0 Å². The van der Waals surface area contributed by atoms with Gasteiger partial charge in [0.15, 0.2) is 5.65 Å². The number of hydrogen-bond acceptors (Lipinski definition) is 2. The number of aromatic nitrogens is 3. The van der Waals surface area contributed by atoms with Gasteiger partial charge in [-0.15, -0.1) is 0 Å². The highest BCUT2D eigenvalue weighted by Crippen LogP contribution is 2.18. The summed E-state index contributed by atoms with van der Waals surface area (Å²) in [5.74, 6) is 1.06. The van der Waals surface area contributed by atoms with Crippen molar-refractivity contribution in [3.63, 3.8) is 0 Å². The monoisotopic (exact) mass is 215 g/mol. The van der Waals surface area contributed by atoms with Crippen molar-refractivity contribution >= 4 is 11.2 Å². The van der Waals surface area contributed by atoms with E-state index in [0.717, 1.165) is 29.1 Å². The average molecular weight is 215 g/mol. The predicted octanol–water partition coefficient (Wildman–Crippen LogP) is 2.70. The topological polar surface area (TPSA) is 30.7 Å². The number of fused-ring (bicyclic) bond motifs is 1. The van der Waals surface area contributed by atoms with Gasteiger partial charge in [0, 0.05) is 19.2 Å². The van der Waals surface area contributed by atoms with E-state index in [0.29, 0.717) is 0 Å². The van der Waals surface area contributed by atoms with Crippen LogP contribution < -0.4 is 0 Å². The third-order valence-electron chi connectivity index (χ3n) is 2.77. The fourth-order valence-electron chi connectivity index (χ4n) is 1.91. The number of allylic oxidation sites excluding steroid dienone is 2. The minimum absolute atomic E-state index is 0.863. The molecule has 0 atom stereocenters. The maximum atomic E-state index is 4.64. The van der Waals surface area contributed by atoms with Gasteiger partial charge in [0.25, 0.3) is 0 Å². The largest absolute Gasteiger partial charge is 0.316 e. The van der Waals surface area contributed by atoms with Crippen molar-refractivity contribution in [2.45, 2.75) is 27.2 Å². The van der Waals surface area contributed by atoms with Crippen LogP contribution in [-0.4, -0.2) is 14.5 Å². The van der Waals surface area contributed by atoms with Crippen molar-refractivity contribution in [1.82, 2.24) is 14.5 Å². The summed E-state index contributed by atoms with van der Waals surface area (Å²) in [7, 11) is 2.03. The minimum Gasteiger partial charge on any atom is -0.316 e. The van der Waals surface area contributed by atoms with Gasteiger partial charge in [0.2, 0.25) is 0 Å². The van der Waals surface area contributed by atoms with Crippen molar-refractivity contribution in [1.29, 1.82) is 0 Å². The lowest BCUT2D eigenvalue weighted by atomic mass is 10.2. The van der Waals surface area contributed by atoms with Gasteiger partial charge in [0.05, 0.1) is 0 Å². The molecule has 16 heavy (non-hydrogen) atoms. The van der Waals surface area contributed by atoms with Crippen LogP contribution in [0.15, 0.2) is 18.2 Å². The lowest BCUT2D eigenvalue weighted by Gasteiger charge is -2.00. The van der Waals surface area contributed by atoms with E-state index in [-0.39, 0.29) is 0 Å². The minimum atomic E-state index is 0.863. The van der Waals surface area contributed by atoms with Crippen molar-refractivity contribution < 1.29 is 0 Å². The molecule has 0 radical (unpaired) electrons. The van der Waals surface area contributed by atoms with Crippen LogP contribution in [0, 0.1) is 13.8 Å². The molecule has 0 aliphatic heterocycles. The lowest BCUT2D eigenvalue weighted by molar-refractivity contribution is 0.842. The zero-order chi connectivity index (χ0) is 11.7. The first-order valence-electron chi connectivity index (χ1n) is 5.54. The Morgan fingerprint density at radius 2 is 2.06 bits per heavy atom. The van der Waals surface area contributed by atoms with Gasteiger partial charge in [-0.2, -0.15) is 0 Å². The molecule has 3 heteroatoms. The van der Waals surface area contributed by atoms with Crippen LogP contribution in [0.25, 0.3) is 11.2 Å². The number of nitrogens with zero attached hydrogens (tertiary/aromatic N) is 3. The lowest BCUT2D eigenvalue weighted by Crippen LogP contribution is -1.97. The molecule has 0 saturated carbocycles. The maximum absolute atomic E-state index is 4.64. The normalized spacial score (nSPS) is 11.8.